The number of ketones is 2. The van der Waals surface area contributed by atoms with Crippen LogP contribution in [-0.4, -0.2) is 236 Å². The van der Waals surface area contributed by atoms with E-state index in [2.05, 4.69) is 53.0 Å². The predicted molar refractivity (Wildman–Crippen MR) is 420 cm³/mol. The second-order valence-corrected chi connectivity index (χ2v) is 32.1. The summed E-state index contributed by atoms with van der Waals surface area (Å²) in [5, 5.41) is 29.0. The van der Waals surface area contributed by atoms with E-state index in [-0.39, 0.29) is 95.9 Å². The lowest BCUT2D eigenvalue weighted by atomic mass is 9.88. The molecule has 5 aromatic rings. The minimum Gasteiger partial charge on any atom is -0.497 e. The van der Waals surface area contributed by atoms with Crippen molar-refractivity contribution < 1.29 is 85.7 Å². The zero-order valence-electron chi connectivity index (χ0n) is 66.4. The van der Waals surface area contributed by atoms with Crippen molar-refractivity contribution in [2.45, 2.75) is 210 Å². The topological polar surface area (TPSA) is 332 Å². The van der Waals surface area contributed by atoms with Crippen LogP contribution in [0.15, 0.2) is 97.2 Å². The predicted octanol–water partition coefficient (Wildman–Crippen LogP) is 5.41. The van der Waals surface area contributed by atoms with Crippen LogP contribution in [0, 0.1) is 11.7 Å². The molecule has 2 saturated heterocycles. The summed E-state index contributed by atoms with van der Waals surface area (Å²) in [5.74, 6) is -8.17. The van der Waals surface area contributed by atoms with E-state index in [0.29, 0.717) is 130 Å². The van der Waals surface area contributed by atoms with Crippen LogP contribution in [0.2, 0.25) is 0 Å². The monoisotopic (exact) mass is 1560 g/mol. The summed E-state index contributed by atoms with van der Waals surface area (Å²) in [7, 11) is 7.67. The van der Waals surface area contributed by atoms with E-state index < -0.39 is 132 Å². The van der Waals surface area contributed by atoms with Crippen LogP contribution in [0.1, 0.15) is 150 Å². The highest BCUT2D eigenvalue weighted by molar-refractivity contribution is 6.00. The van der Waals surface area contributed by atoms with Crippen LogP contribution in [-0.2, 0) is 112 Å². The highest BCUT2D eigenvalue weighted by atomic mass is 19.1. The molecule has 11 rings (SSSR count). The number of aliphatic hydroxyl groups excluding tert-OH is 1. The zero-order chi connectivity index (χ0) is 80.8. The Morgan fingerprint density at radius 3 is 2.16 bits per heavy atom. The molecule has 612 valence electrons. The number of rotatable bonds is 15. The number of benzene rings is 4. The average molecular weight is 1570 g/mol. The molecule has 9 atom stereocenters. The van der Waals surface area contributed by atoms with Gasteiger partial charge in [-0.05, 0) is 148 Å². The fourth-order valence-corrected chi connectivity index (χ4v) is 15.8. The van der Waals surface area contributed by atoms with Gasteiger partial charge in [-0.1, -0.05) is 79.9 Å². The molecule has 113 heavy (non-hydrogen) atoms. The summed E-state index contributed by atoms with van der Waals surface area (Å²) in [5.41, 5.74) is 3.43. The molecule has 28 heteroatoms. The molecule has 9 amide bonds. The number of methoxy groups -OCH3 is 1. The number of hydrogen-bond donors (Lipinski definition) is 7. The highest BCUT2D eigenvalue weighted by Crippen LogP contribution is 2.35. The number of nitrogens with zero attached hydrogens (tertiary/aromatic N) is 5. The van der Waals surface area contributed by atoms with Crippen molar-refractivity contribution in [2.24, 2.45) is 5.92 Å². The lowest BCUT2D eigenvalue weighted by Gasteiger charge is -2.37. The summed E-state index contributed by atoms with van der Waals surface area (Å²) < 4.78 is 41.7. The van der Waals surface area contributed by atoms with E-state index in [1.807, 2.05) is 39.9 Å². The van der Waals surface area contributed by atoms with Gasteiger partial charge in [0.1, 0.15) is 48.9 Å². The van der Waals surface area contributed by atoms with Crippen LogP contribution in [0.3, 0.4) is 0 Å². The molecular formula is C85H115FN11O16+. The third-order valence-electron chi connectivity index (χ3n) is 22.3. The Morgan fingerprint density at radius 2 is 1.41 bits per heavy atom. The number of aromatic nitrogens is 1. The molecule has 0 spiro atoms. The maximum Gasteiger partial charge on any atom is 0.246 e. The number of carbonyl (C=O) groups excluding carboxylic acids is 11. The summed E-state index contributed by atoms with van der Waals surface area (Å²) in [4.78, 5) is 169. The summed E-state index contributed by atoms with van der Waals surface area (Å²) in [6.07, 6.45) is 3.86. The summed E-state index contributed by atoms with van der Waals surface area (Å²) in [6.45, 7) is 5.05. The number of halogens is 1. The molecule has 1 aromatic heterocycles. The number of fused-ring (bicyclic) bond motifs is 16. The first-order valence-electron chi connectivity index (χ1n) is 40.2. The fraction of sp³-hybridized carbons (Fsp3) is 0.565. The van der Waals surface area contributed by atoms with Gasteiger partial charge in [0.2, 0.25) is 53.2 Å². The Morgan fingerprint density at radius 1 is 0.681 bits per heavy atom. The summed E-state index contributed by atoms with van der Waals surface area (Å²) in [6, 6.07) is 18.3. The Kier molecular flexibility index (Phi) is 31.2. The Balaban J connectivity index is 1.05. The standard InChI is InChI=1S/C85H114FN11O16/c1-56(98)78-81(106)91-68(46-58-27-30-65(110-6)31-28-58)84(109)96-38-16-35-85(96,2)73(100)20-15-17-57-23-25-59(26-24-57)53-94-37-13-8-7-12-36-93-54-63(66-50-64(86)29-32-70(66)93)48-62-49-71(99)67(47-60-18-14-19-61(45-60)51-87-76(103)55-113-72-33-39-95(83(62)108)79(72)82(107)92-78)90-80(105)69(89-75(102)21-10-9-11-22-77(94)104)52-88-74(101)34-41-111-43-44-112-42-40-97(3,4)5/h14,18-19,23-32,45,50,54,56,62,67-69,72,78-79,98H,7-13,15-17,20-22,33-44,46-49,51-53,55H2,1-6H3,(H5-,87,88,89,90,91,92,101,102,103,105,106,107)/p+1/t56-,62-,67+,68+,69-,72+,78+,79+,85+/m1/s1. The Labute approximate surface area is 661 Å². The first-order chi connectivity index (χ1) is 54.2. The van der Waals surface area contributed by atoms with Gasteiger partial charge in [-0.15, -0.1) is 0 Å². The second-order valence-electron chi connectivity index (χ2n) is 32.1. The maximum atomic E-state index is 16.3. The maximum absolute atomic E-state index is 16.3. The van der Waals surface area contributed by atoms with Crippen molar-refractivity contribution in [3.05, 3.63) is 136 Å². The van der Waals surface area contributed by atoms with Gasteiger partial charge in [0.25, 0.3) is 0 Å². The quantitative estimate of drug-likeness (QED) is 0.0509. The Bertz CT molecular complexity index is 4150. The van der Waals surface area contributed by atoms with Crippen LogP contribution >= 0.6 is 0 Å². The van der Waals surface area contributed by atoms with Crippen molar-refractivity contribution in [2.75, 3.05) is 94.0 Å². The third kappa shape index (κ3) is 24.5. The lowest BCUT2D eigenvalue weighted by Crippen LogP contribution is -2.62. The number of amides is 9. The van der Waals surface area contributed by atoms with E-state index in [0.717, 1.165) is 35.0 Å². The smallest absolute Gasteiger partial charge is 0.246 e. The minimum atomic E-state index is -1.81. The van der Waals surface area contributed by atoms with E-state index in [4.69, 9.17) is 18.9 Å². The number of aryl methyl sites for hydroxylation is 2. The molecule has 0 aliphatic carbocycles. The molecule has 0 saturated carbocycles. The van der Waals surface area contributed by atoms with Gasteiger partial charge in [-0.25, -0.2) is 4.39 Å². The van der Waals surface area contributed by atoms with Gasteiger partial charge in [-0.2, -0.15) is 0 Å². The van der Waals surface area contributed by atoms with Gasteiger partial charge >= 0.3 is 0 Å². The zero-order valence-corrected chi connectivity index (χ0v) is 66.4. The molecule has 6 aliphatic heterocycles. The van der Waals surface area contributed by atoms with Gasteiger partial charge in [-0.3, -0.25) is 52.7 Å². The van der Waals surface area contributed by atoms with E-state index in [1.54, 1.807) is 61.5 Å². The minimum absolute atomic E-state index is 0.0194. The molecule has 0 unspecified atom stereocenters. The molecule has 6 aliphatic rings. The van der Waals surface area contributed by atoms with Crippen LogP contribution in [0.4, 0.5) is 4.39 Å². The van der Waals surface area contributed by atoms with Gasteiger partial charge in [0, 0.05) is 107 Å². The number of carbonyl (C=O) groups is 11. The van der Waals surface area contributed by atoms with Crippen LogP contribution in [0.5, 0.6) is 5.75 Å². The number of ether oxygens (including phenoxy) is 4. The lowest BCUT2D eigenvalue weighted by molar-refractivity contribution is -0.870. The van der Waals surface area contributed by atoms with E-state index in [1.165, 1.54) is 36.0 Å². The van der Waals surface area contributed by atoms with Crippen molar-refractivity contribution in [1.29, 1.82) is 0 Å². The first-order valence-corrected chi connectivity index (χ1v) is 40.2. The average Bonchev–Trinajstić information content (AvgIpc) is 1.67. The molecular weight excluding hydrogens is 1450 g/mol. The van der Waals surface area contributed by atoms with Crippen molar-refractivity contribution >= 4 is 75.6 Å². The first kappa shape index (κ1) is 85.9. The molecule has 7 N–H and O–H groups in total. The van der Waals surface area contributed by atoms with Gasteiger partial charge < -0.3 is 79.7 Å². The normalized spacial score (nSPS) is 24.3. The van der Waals surface area contributed by atoms with Crippen molar-refractivity contribution in [3.63, 3.8) is 0 Å². The molecule has 4 aromatic carbocycles. The van der Waals surface area contributed by atoms with E-state index in [9.17, 15) is 29.1 Å². The number of Topliss-reactive ketones (excluding diaryl/α,β-unsaturated/α-hetero) is 2. The molecule has 12 bridgehead atoms. The summed E-state index contributed by atoms with van der Waals surface area (Å²) >= 11 is 0. The number of quaternary nitrogens is 1. The third-order valence-corrected chi connectivity index (χ3v) is 22.3. The SMILES string of the molecule is COc1ccc(C[C@@H]2NC(=O)[C@H]([C@@H](C)O)NC(=O)[C@@H]3[C@@H]4CCN3C(=O)[C@H]3CC(=O)[C@H](Cc5cccc(c5)CNC(=O)CO4)NC(=O)[C@@H](CNC(=O)CCOCCOCC[N+](C)(C)C)NC(=O)CCCCCC(=O)N(CCCCCCn4cc(c5cc(F)ccc54)C3)Cc3ccc(cc3)CCCC(=O)[C@]3(C)CCCN3C2=O)cc1. The number of hydrogen-bond acceptors (Lipinski definition) is 16. The molecule has 2 fully saturated rings. The molecule has 27 nitrogen and oxygen atoms in total. The number of aliphatic hydroxyl groups is 1. The van der Waals surface area contributed by atoms with Crippen LogP contribution in [0.25, 0.3) is 10.9 Å². The van der Waals surface area contributed by atoms with Crippen molar-refractivity contribution in [3.8, 4) is 5.75 Å². The highest BCUT2D eigenvalue weighted by Gasteiger charge is 2.49. The van der Waals surface area contributed by atoms with Crippen molar-refractivity contribution in [1.82, 2.24) is 51.2 Å². The number of nitrogens with one attached hydrogen (secondary N) is 6. The number of likely N-dealkylation sites (N-methyl/N-ethyl adjacent to an activating group) is 1. The molecule has 7 heterocycles. The largest absolute Gasteiger partial charge is 0.497 e. The van der Waals surface area contributed by atoms with Gasteiger partial charge in [0.05, 0.1) is 78.5 Å². The fourth-order valence-electron chi connectivity index (χ4n) is 15.8. The second kappa shape index (κ2) is 41.0. The van der Waals surface area contributed by atoms with Gasteiger partial charge in [0.15, 0.2) is 11.6 Å². The van der Waals surface area contributed by atoms with Crippen LogP contribution < -0.4 is 36.6 Å². The van der Waals surface area contributed by atoms with E-state index >= 15 is 33.2 Å². The molecule has 0 radical (unpaired) electrons. The Hall–Kier alpha value is -9.48.